The van der Waals surface area contributed by atoms with E-state index in [0.29, 0.717) is 25.0 Å². The van der Waals surface area contributed by atoms with E-state index in [1.165, 1.54) is 5.56 Å². The van der Waals surface area contributed by atoms with E-state index in [1.54, 1.807) is 0 Å². The predicted molar refractivity (Wildman–Crippen MR) is 95.4 cm³/mol. The van der Waals surface area contributed by atoms with Crippen molar-refractivity contribution in [3.63, 3.8) is 0 Å². The first-order valence-electron chi connectivity index (χ1n) is 8.28. The molecule has 2 aliphatic rings. The van der Waals surface area contributed by atoms with Crippen molar-refractivity contribution in [2.75, 3.05) is 18.5 Å². The highest BCUT2D eigenvalue weighted by Crippen LogP contribution is 2.42. The van der Waals surface area contributed by atoms with Crippen molar-refractivity contribution in [3.8, 4) is 0 Å². The Labute approximate surface area is 146 Å². The molecule has 2 N–H and O–H groups in total. The maximum Gasteiger partial charge on any atom is 0.306 e. The van der Waals surface area contributed by atoms with Gasteiger partial charge in [-0.15, -0.1) is 0 Å². The summed E-state index contributed by atoms with van der Waals surface area (Å²) in [6.45, 7) is 7.61. The number of hydrogen-bond donors (Lipinski definition) is 2. The highest BCUT2D eigenvalue weighted by Gasteiger charge is 2.40. The molecule has 2 aliphatic heterocycles. The van der Waals surface area contributed by atoms with Gasteiger partial charge < -0.3 is 15.4 Å². The largest absolute Gasteiger partial charge is 0.463 e. The Kier molecular flexibility index (Phi) is 4.70. The van der Waals surface area contributed by atoms with Gasteiger partial charge in [-0.25, -0.2) is 0 Å². The van der Waals surface area contributed by atoms with E-state index >= 15 is 0 Å². The lowest BCUT2D eigenvalue weighted by Gasteiger charge is -2.36. The van der Waals surface area contributed by atoms with Crippen LogP contribution in [0, 0.1) is 11.3 Å². The molecule has 0 aromatic heterocycles. The standard InChI is InChI=1S/C18H25BrN2O2/c1-18(2,3)9-16(22)23-10-15-12-6-7-20-17(12)13-8-11(19)4-5-14(13)21-15/h4-5,8,12,15,17,20-21H,6-7,9-10H2,1-3H3/t12?,15-,17?/m0/s1. The molecule has 0 spiro atoms. The lowest BCUT2D eigenvalue weighted by atomic mass is 9.83. The highest BCUT2D eigenvalue weighted by atomic mass is 79.9. The van der Waals surface area contributed by atoms with E-state index in [0.717, 1.165) is 23.1 Å². The maximum atomic E-state index is 12.0. The van der Waals surface area contributed by atoms with Crippen molar-refractivity contribution in [2.45, 2.75) is 45.7 Å². The molecule has 2 unspecified atom stereocenters. The zero-order valence-electron chi connectivity index (χ0n) is 14.0. The number of carbonyl (C=O) groups is 1. The molecule has 5 heteroatoms. The monoisotopic (exact) mass is 380 g/mol. The minimum Gasteiger partial charge on any atom is -0.463 e. The summed E-state index contributed by atoms with van der Waals surface area (Å²) in [6.07, 6.45) is 1.56. The minimum atomic E-state index is -0.108. The fourth-order valence-corrected chi connectivity index (χ4v) is 3.94. The van der Waals surface area contributed by atoms with Gasteiger partial charge in [0.15, 0.2) is 0 Å². The van der Waals surface area contributed by atoms with E-state index in [-0.39, 0.29) is 17.4 Å². The molecule has 0 radical (unpaired) electrons. The van der Waals surface area contributed by atoms with Crippen molar-refractivity contribution in [1.82, 2.24) is 5.32 Å². The first kappa shape index (κ1) is 16.8. The van der Waals surface area contributed by atoms with Crippen LogP contribution in [0.1, 0.15) is 45.2 Å². The average Bonchev–Trinajstić information content (AvgIpc) is 2.93. The first-order valence-corrected chi connectivity index (χ1v) is 9.08. The van der Waals surface area contributed by atoms with Crippen LogP contribution in [0.3, 0.4) is 0 Å². The number of halogens is 1. The van der Waals surface area contributed by atoms with Crippen LogP contribution in [0.2, 0.25) is 0 Å². The molecule has 2 heterocycles. The van der Waals surface area contributed by atoms with E-state index in [9.17, 15) is 4.79 Å². The van der Waals surface area contributed by atoms with Crippen molar-refractivity contribution >= 4 is 27.6 Å². The molecule has 0 aliphatic carbocycles. The molecule has 4 nitrogen and oxygen atoms in total. The zero-order chi connectivity index (χ0) is 16.6. The highest BCUT2D eigenvalue weighted by molar-refractivity contribution is 9.10. The molecule has 0 bridgehead atoms. The number of rotatable bonds is 3. The van der Waals surface area contributed by atoms with Gasteiger partial charge in [-0.2, -0.15) is 0 Å². The average molecular weight is 381 g/mol. The summed E-state index contributed by atoms with van der Waals surface area (Å²) in [5.41, 5.74) is 2.41. The molecule has 1 saturated heterocycles. The van der Waals surface area contributed by atoms with Gasteiger partial charge in [-0.05, 0) is 42.1 Å². The number of hydrogen-bond acceptors (Lipinski definition) is 4. The first-order chi connectivity index (χ1) is 10.8. The zero-order valence-corrected chi connectivity index (χ0v) is 15.6. The van der Waals surface area contributed by atoms with Gasteiger partial charge in [0, 0.05) is 22.1 Å². The maximum absolute atomic E-state index is 12.0. The molecular formula is C18H25BrN2O2. The number of esters is 1. The topological polar surface area (TPSA) is 50.4 Å². The lowest BCUT2D eigenvalue weighted by molar-refractivity contribution is -0.146. The number of fused-ring (bicyclic) bond motifs is 3. The predicted octanol–water partition coefficient (Wildman–Crippen LogP) is 3.87. The van der Waals surface area contributed by atoms with Gasteiger partial charge in [0.2, 0.25) is 0 Å². The van der Waals surface area contributed by atoms with Gasteiger partial charge in [0.1, 0.15) is 6.61 Å². The smallest absolute Gasteiger partial charge is 0.306 e. The van der Waals surface area contributed by atoms with Gasteiger partial charge in [0.05, 0.1) is 12.5 Å². The molecule has 126 valence electrons. The van der Waals surface area contributed by atoms with Gasteiger partial charge >= 0.3 is 5.97 Å². The van der Waals surface area contributed by atoms with Crippen molar-refractivity contribution in [1.29, 1.82) is 0 Å². The molecule has 23 heavy (non-hydrogen) atoms. The molecule has 1 aromatic carbocycles. The molecule has 3 atom stereocenters. The quantitative estimate of drug-likeness (QED) is 0.781. The van der Waals surface area contributed by atoms with Gasteiger partial charge in [-0.1, -0.05) is 36.7 Å². The summed E-state index contributed by atoms with van der Waals surface area (Å²) < 4.78 is 6.66. The fraction of sp³-hybridized carbons (Fsp3) is 0.611. The van der Waals surface area contributed by atoms with E-state index < -0.39 is 0 Å². The third-order valence-electron chi connectivity index (χ3n) is 4.58. The Bertz CT molecular complexity index is 597. The molecule has 0 amide bonds. The van der Waals surface area contributed by atoms with Crippen LogP contribution in [0.5, 0.6) is 0 Å². The Hall–Kier alpha value is -1.07. The van der Waals surface area contributed by atoms with E-state index in [1.807, 2.05) is 6.07 Å². The molecule has 0 saturated carbocycles. The van der Waals surface area contributed by atoms with Crippen LogP contribution in [0.4, 0.5) is 5.69 Å². The summed E-state index contributed by atoms with van der Waals surface area (Å²) in [5, 5.41) is 7.17. The van der Waals surface area contributed by atoms with E-state index in [4.69, 9.17) is 4.74 Å². The van der Waals surface area contributed by atoms with Crippen molar-refractivity contribution in [3.05, 3.63) is 28.2 Å². The fourth-order valence-electron chi connectivity index (χ4n) is 3.56. The van der Waals surface area contributed by atoms with Crippen LogP contribution in [-0.4, -0.2) is 25.2 Å². The van der Waals surface area contributed by atoms with Crippen molar-refractivity contribution < 1.29 is 9.53 Å². The summed E-state index contributed by atoms with van der Waals surface area (Å²) in [5.74, 6) is 0.350. The summed E-state index contributed by atoms with van der Waals surface area (Å²) in [6, 6.07) is 6.84. The van der Waals surface area contributed by atoms with Crippen molar-refractivity contribution in [2.24, 2.45) is 11.3 Å². The van der Waals surface area contributed by atoms with Crippen LogP contribution < -0.4 is 10.6 Å². The Morgan fingerprint density at radius 2 is 2.17 bits per heavy atom. The summed E-state index contributed by atoms with van der Waals surface area (Å²) >= 11 is 3.56. The molecule has 1 fully saturated rings. The van der Waals surface area contributed by atoms with Gasteiger partial charge in [-0.3, -0.25) is 4.79 Å². The molecular weight excluding hydrogens is 356 g/mol. The number of ether oxygens (including phenoxy) is 1. The van der Waals surface area contributed by atoms with Crippen LogP contribution in [-0.2, 0) is 9.53 Å². The number of anilines is 1. The molecule has 3 rings (SSSR count). The Morgan fingerprint density at radius 1 is 1.39 bits per heavy atom. The van der Waals surface area contributed by atoms with Crippen LogP contribution in [0.15, 0.2) is 22.7 Å². The summed E-state index contributed by atoms with van der Waals surface area (Å²) in [4.78, 5) is 12.0. The third-order valence-corrected chi connectivity index (χ3v) is 5.07. The number of carbonyl (C=O) groups excluding carboxylic acids is 1. The second-order valence-electron chi connectivity index (χ2n) is 7.79. The summed E-state index contributed by atoms with van der Waals surface area (Å²) in [7, 11) is 0. The number of nitrogens with one attached hydrogen (secondary N) is 2. The van der Waals surface area contributed by atoms with Crippen LogP contribution in [0.25, 0.3) is 0 Å². The van der Waals surface area contributed by atoms with E-state index in [2.05, 4.69) is 59.5 Å². The second-order valence-corrected chi connectivity index (χ2v) is 8.70. The second kappa shape index (κ2) is 6.44. The van der Waals surface area contributed by atoms with Crippen LogP contribution >= 0.6 is 15.9 Å². The normalized spacial score (nSPS) is 26.2. The SMILES string of the molecule is CC(C)(C)CC(=O)OC[C@@H]1Nc2ccc(Br)cc2C2NCCC21. The Morgan fingerprint density at radius 3 is 2.91 bits per heavy atom. The lowest BCUT2D eigenvalue weighted by Crippen LogP contribution is -2.41. The van der Waals surface area contributed by atoms with Gasteiger partial charge in [0.25, 0.3) is 0 Å². The third kappa shape index (κ3) is 3.89. The Balaban J connectivity index is 1.69. The molecule has 1 aromatic rings. The minimum absolute atomic E-state index is 0.0343. The number of benzene rings is 1.